The van der Waals surface area contributed by atoms with Crippen LogP contribution < -0.4 is 10.6 Å². The Kier molecular flexibility index (Phi) is 4.11. The van der Waals surface area contributed by atoms with Crippen molar-refractivity contribution in [3.8, 4) is 0 Å². The van der Waals surface area contributed by atoms with Crippen molar-refractivity contribution in [1.29, 1.82) is 0 Å². The van der Waals surface area contributed by atoms with Gasteiger partial charge in [-0.1, -0.05) is 23.7 Å². The summed E-state index contributed by atoms with van der Waals surface area (Å²) in [6.07, 6.45) is -2.87. The van der Waals surface area contributed by atoms with Crippen LogP contribution in [0.5, 0.6) is 0 Å². The molecule has 3 N–H and O–H groups in total. The summed E-state index contributed by atoms with van der Waals surface area (Å²) in [5.74, 6) is 0. The molecule has 0 fully saturated rings. The van der Waals surface area contributed by atoms with E-state index in [0.717, 1.165) is 23.0 Å². The second-order valence-corrected chi connectivity index (χ2v) is 5.43. The van der Waals surface area contributed by atoms with E-state index >= 15 is 0 Å². The van der Waals surface area contributed by atoms with Gasteiger partial charge < -0.3 is 15.6 Å². The van der Waals surface area contributed by atoms with Gasteiger partial charge in [0.25, 0.3) is 0 Å². The van der Waals surface area contributed by atoms with E-state index < -0.39 is 22.8 Å². The molecule has 2 amide bonds. The van der Waals surface area contributed by atoms with Gasteiger partial charge in [0.1, 0.15) is 0 Å². The van der Waals surface area contributed by atoms with Crippen LogP contribution in [0.3, 0.4) is 0 Å². The molecule has 0 radical (unpaired) electrons. The molecule has 0 aliphatic carbocycles. The molecule has 2 aromatic carbocycles. The molecule has 1 heterocycles. The van der Waals surface area contributed by atoms with Crippen LogP contribution in [0, 0.1) is 0 Å². The van der Waals surface area contributed by atoms with E-state index in [9.17, 15) is 18.0 Å². The molecular weight excluding hydrogens is 343 g/mol. The molecule has 8 heteroatoms. The predicted octanol–water partition coefficient (Wildman–Crippen LogP) is 5.48. The first-order chi connectivity index (χ1) is 11.3. The lowest BCUT2D eigenvalue weighted by molar-refractivity contribution is -0.137. The Morgan fingerprint density at radius 2 is 1.88 bits per heavy atom. The standard InChI is InChI=1S/C16H11ClF3N3O/c17-12-5-4-10(8-11(12)16(18,19)20)22-15(24)23-13-3-1-2-9-6-7-21-14(9)13/h1-8,21H,(H2,22,23,24). The van der Waals surface area contributed by atoms with Gasteiger partial charge in [-0.05, 0) is 30.3 Å². The maximum atomic E-state index is 12.8. The molecule has 1 aromatic heterocycles. The summed E-state index contributed by atoms with van der Waals surface area (Å²) in [5.41, 5.74) is 0.219. The highest BCUT2D eigenvalue weighted by Crippen LogP contribution is 2.36. The highest BCUT2D eigenvalue weighted by Gasteiger charge is 2.33. The van der Waals surface area contributed by atoms with Gasteiger partial charge in [0.15, 0.2) is 0 Å². The maximum absolute atomic E-state index is 12.8. The van der Waals surface area contributed by atoms with Gasteiger partial charge in [0.05, 0.1) is 21.8 Å². The molecule has 3 rings (SSSR count). The number of aromatic nitrogens is 1. The zero-order valence-corrected chi connectivity index (χ0v) is 12.8. The highest BCUT2D eigenvalue weighted by atomic mass is 35.5. The van der Waals surface area contributed by atoms with Crippen molar-refractivity contribution in [3.05, 3.63) is 59.2 Å². The van der Waals surface area contributed by atoms with Crippen molar-refractivity contribution in [2.45, 2.75) is 6.18 Å². The first-order valence-electron chi connectivity index (χ1n) is 6.85. The third-order valence-electron chi connectivity index (χ3n) is 3.37. The summed E-state index contributed by atoms with van der Waals surface area (Å²) >= 11 is 5.55. The minimum absolute atomic E-state index is 0.0112. The number of fused-ring (bicyclic) bond motifs is 1. The molecule has 0 spiro atoms. The molecule has 0 saturated carbocycles. The normalized spacial score (nSPS) is 11.5. The van der Waals surface area contributed by atoms with Gasteiger partial charge in [-0.3, -0.25) is 0 Å². The van der Waals surface area contributed by atoms with Crippen LogP contribution in [0.4, 0.5) is 29.3 Å². The van der Waals surface area contributed by atoms with Gasteiger partial charge in [-0.25, -0.2) is 4.79 Å². The number of anilines is 2. The van der Waals surface area contributed by atoms with Crippen LogP contribution in [0.1, 0.15) is 5.56 Å². The maximum Gasteiger partial charge on any atom is 0.417 e. The predicted molar refractivity (Wildman–Crippen MR) is 87.4 cm³/mol. The minimum Gasteiger partial charge on any atom is -0.359 e. The van der Waals surface area contributed by atoms with E-state index in [1.54, 1.807) is 18.3 Å². The number of para-hydroxylation sites is 1. The number of carbonyl (C=O) groups is 1. The molecule has 124 valence electrons. The second-order valence-electron chi connectivity index (χ2n) is 5.02. The first-order valence-corrected chi connectivity index (χ1v) is 7.23. The Balaban J connectivity index is 1.79. The van der Waals surface area contributed by atoms with E-state index in [0.29, 0.717) is 5.69 Å². The second kappa shape index (κ2) is 6.09. The van der Waals surface area contributed by atoms with Gasteiger partial charge in [-0.2, -0.15) is 13.2 Å². The number of carbonyl (C=O) groups excluding carboxylic acids is 1. The number of nitrogens with one attached hydrogen (secondary N) is 3. The fraction of sp³-hybridized carbons (Fsp3) is 0.0625. The highest BCUT2D eigenvalue weighted by molar-refractivity contribution is 6.31. The average Bonchev–Trinajstić information content (AvgIpc) is 2.97. The van der Waals surface area contributed by atoms with E-state index in [1.165, 1.54) is 6.07 Å². The van der Waals surface area contributed by atoms with E-state index in [2.05, 4.69) is 15.6 Å². The monoisotopic (exact) mass is 353 g/mol. The SMILES string of the molecule is O=C(Nc1ccc(Cl)c(C(F)(F)F)c1)Nc1cccc2cc[nH]c12. The third-order valence-corrected chi connectivity index (χ3v) is 3.69. The van der Waals surface area contributed by atoms with Gasteiger partial charge in [0, 0.05) is 17.3 Å². The van der Waals surface area contributed by atoms with Crippen LogP contribution in [0.2, 0.25) is 5.02 Å². The topological polar surface area (TPSA) is 56.9 Å². The quantitative estimate of drug-likeness (QED) is 0.561. The Bertz CT molecular complexity index is 905. The van der Waals surface area contributed by atoms with Crippen LogP contribution in [0.25, 0.3) is 10.9 Å². The number of urea groups is 1. The Morgan fingerprint density at radius 1 is 1.08 bits per heavy atom. The Morgan fingerprint density at radius 3 is 2.62 bits per heavy atom. The number of hydrogen-bond donors (Lipinski definition) is 3. The van der Waals surface area contributed by atoms with Crippen LogP contribution in [-0.2, 0) is 6.18 Å². The Hall–Kier alpha value is -2.67. The Labute approximate surface area is 139 Å². The number of halogens is 4. The van der Waals surface area contributed by atoms with E-state index in [4.69, 9.17) is 11.6 Å². The molecule has 24 heavy (non-hydrogen) atoms. The smallest absolute Gasteiger partial charge is 0.359 e. The van der Waals surface area contributed by atoms with Crippen molar-refractivity contribution in [1.82, 2.24) is 4.98 Å². The zero-order valence-electron chi connectivity index (χ0n) is 12.0. The molecule has 0 saturated heterocycles. The average molecular weight is 354 g/mol. The first kappa shape index (κ1) is 16.2. The van der Waals surface area contributed by atoms with Gasteiger partial charge >= 0.3 is 12.2 Å². The van der Waals surface area contributed by atoms with Crippen molar-refractivity contribution in [2.24, 2.45) is 0 Å². The minimum atomic E-state index is -4.60. The molecule has 4 nitrogen and oxygen atoms in total. The van der Waals surface area contributed by atoms with Crippen molar-refractivity contribution in [2.75, 3.05) is 10.6 Å². The lowest BCUT2D eigenvalue weighted by Gasteiger charge is -2.12. The molecule has 0 atom stereocenters. The zero-order chi connectivity index (χ0) is 17.3. The fourth-order valence-corrected chi connectivity index (χ4v) is 2.52. The van der Waals surface area contributed by atoms with Crippen LogP contribution in [-0.4, -0.2) is 11.0 Å². The molecule has 0 aliphatic rings. The van der Waals surface area contributed by atoms with Gasteiger partial charge in [0.2, 0.25) is 0 Å². The molecule has 0 aliphatic heterocycles. The summed E-state index contributed by atoms with van der Waals surface area (Å²) < 4.78 is 38.5. The van der Waals surface area contributed by atoms with E-state index in [-0.39, 0.29) is 5.69 Å². The molecule has 0 bridgehead atoms. The molecular formula is C16H11ClF3N3O. The summed E-state index contributed by atoms with van der Waals surface area (Å²) in [6, 6.07) is 9.66. The van der Waals surface area contributed by atoms with E-state index in [1.807, 2.05) is 12.1 Å². The summed E-state index contributed by atoms with van der Waals surface area (Å²) in [5, 5.41) is 5.44. The van der Waals surface area contributed by atoms with Crippen molar-refractivity contribution in [3.63, 3.8) is 0 Å². The number of aromatic amines is 1. The number of amides is 2. The van der Waals surface area contributed by atoms with Crippen LogP contribution in [0.15, 0.2) is 48.7 Å². The molecule has 0 unspecified atom stereocenters. The largest absolute Gasteiger partial charge is 0.417 e. The fourth-order valence-electron chi connectivity index (χ4n) is 2.29. The lowest BCUT2D eigenvalue weighted by atomic mass is 10.2. The van der Waals surface area contributed by atoms with Crippen molar-refractivity contribution < 1.29 is 18.0 Å². The van der Waals surface area contributed by atoms with Crippen molar-refractivity contribution >= 4 is 39.9 Å². The third kappa shape index (κ3) is 3.30. The number of alkyl halides is 3. The number of benzene rings is 2. The van der Waals surface area contributed by atoms with Crippen LogP contribution >= 0.6 is 11.6 Å². The summed E-state index contributed by atoms with van der Waals surface area (Å²) in [6.45, 7) is 0. The number of rotatable bonds is 2. The lowest BCUT2D eigenvalue weighted by Crippen LogP contribution is -2.20. The molecule has 3 aromatic rings. The summed E-state index contributed by atoms with van der Waals surface area (Å²) in [7, 11) is 0. The number of H-pyrrole nitrogens is 1. The summed E-state index contributed by atoms with van der Waals surface area (Å²) in [4.78, 5) is 15.0. The van der Waals surface area contributed by atoms with Gasteiger partial charge in [-0.15, -0.1) is 0 Å². The number of hydrogen-bond acceptors (Lipinski definition) is 1.